The van der Waals surface area contributed by atoms with Crippen LogP contribution in [0.1, 0.15) is 0 Å². The van der Waals surface area contributed by atoms with Gasteiger partial charge in [0, 0.05) is 23.4 Å². The van der Waals surface area contributed by atoms with Crippen LogP contribution in [-0.2, 0) is 10.0 Å². The summed E-state index contributed by atoms with van der Waals surface area (Å²) in [6.45, 7) is 0.163. The van der Waals surface area contributed by atoms with Gasteiger partial charge in [0.15, 0.2) is 0 Å². The van der Waals surface area contributed by atoms with Crippen molar-refractivity contribution in [1.29, 1.82) is 0 Å². The third-order valence-corrected chi connectivity index (χ3v) is 4.13. The second-order valence-corrected chi connectivity index (χ2v) is 5.56. The highest BCUT2D eigenvalue weighted by Crippen LogP contribution is 2.22. The normalized spacial score (nSPS) is 11.2. The summed E-state index contributed by atoms with van der Waals surface area (Å²) < 4.78 is 26.7. The van der Waals surface area contributed by atoms with E-state index in [4.69, 9.17) is 5.53 Å². The number of hydrogen-bond acceptors (Lipinski definition) is 3. The fourth-order valence-corrected chi connectivity index (χ4v) is 3.03. The van der Waals surface area contributed by atoms with Crippen LogP contribution in [-0.4, -0.2) is 21.5 Å². The highest BCUT2D eigenvalue weighted by molar-refractivity contribution is 7.89. The molecule has 98 valence electrons. The molecule has 0 aromatic heterocycles. The van der Waals surface area contributed by atoms with E-state index in [2.05, 4.69) is 14.7 Å². The number of fused-ring (bicyclic) bond motifs is 1. The first-order valence-corrected chi connectivity index (χ1v) is 7.12. The minimum absolute atomic E-state index is 0.0790. The van der Waals surface area contributed by atoms with Crippen molar-refractivity contribution in [1.82, 2.24) is 4.72 Å². The first-order valence-electron chi connectivity index (χ1n) is 5.63. The number of sulfonamides is 1. The zero-order valence-electron chi connectivity index (χ0n) is 10.0. The van der Waals surface area contributed by atoms with Crippen molar-refractivity contribution in [2.24, 2.45) is 5.11 Å². The van der Waals surface area contributed by atoms with Crippen molar-refractivity contribution in [2.45, 2.75) is 4.90 Å². The van der Waals surface area contributed by atoms with Gasteiger partial charge >= 0.3 is 0 Å². The molecule has 0 heterocycles. The minimum atomic E-state index is -3.60. The van der Waals surface area contributed by atoms with E-state index in [9.17, 15) is 8.42 Å². The van der Waals surface area contributed by atoms with E-state index in [1.54, 1.807) is 24.3 Å². The monoisotopic (exact) mass is 276 g/mol. The summed E-state index contributed by atoms with van der Waals surface area (Å²) in [6, 6.07) is 12.4. The zero-order chi connectivity index (χ0) is 13.7. The molecule has 0 bridgehead atoms. The summed E-state index contributed by atoms with van der Waals surface area (Å²) in [5.41, 5.74) is 8.14. The minimum Gasteiger partial charge on any atom is -0.211 e. The molecule has 0 aliphatic heterocycles. The number of rotatable bonds is 5. The average molecular weight is 276 g/mol. The topological polar surface area (TPSA) is 94.9 Å². The van der Waals surface area contributed by atoms with E-state index in [0.29, 0.717) is 5.39 Å². The Balaban J connectivity index is 2.35. The van der Waals surface area contributed by atoms with E-state index in [1.165, 1.54) is 0 Å². The van der Waals surface area contributed by atoms with Gasteiger partial charge in [-0.3, -0.25) is 0 Å². The molecule has 0 fully saturated rings. The van der Waals surface area contributed by atoms with Crippen LogP contribution < -0.4 is 4.72 Å². The van der Waals surface area contributed by atoms with Crippen molar-refractivity contribution in [3.05, 3.63) is 52.9 Å². The summed E-state index contributed by atoms with van der Waals surface area (Å²) in [4.78, 5) is 2.80. The van der Waals surface area contributed by atoms with E-state index in [1.807, 2.05) is 18.2 Å². The summed E-state index contributed by atoms with van der Waals surface area (Å²) in [5, 5.41) is 4.81. The molecule has 0 amide bonds. The second kappa shape index (κ2) is 5.71. The second-order valence-electron chi connectivity index (χ2n) is 3.83. The van der Waals surface area contributed by atoms with Crippen LogP contribution >= 0.6 is 0 Å². The van der Waals surface area contributed by atoms with Crippen LogP contribution in [0.15, 0.2) is 52.5 Å². The standard InChI is InChI=1S/C12H12N4O2S/c13-16-14-8-9-15-19(17,18)12-7-3-5-10-4-1-2-6-11(10)12/h1-7,15H,8-9H2. The molecule has 7 heteroatoms. The number of hydrogen-bond donors (Lipinski definition) is 1. The van der Waals surface area contributed by atoms with Crippen LogP contribution in [0, 0.1) is 0 Å². The Hall–Kier alpha value is -2.08. The number of azide groups is 1. The maximum absolute atomic E-state index is 12.2. The van der Waals surface area contributed by atoms with E-state index in [0.717, 1.165) is 5.39 Å². The molecule has 0 aliphatic rings. The molecule has 0 radical (unpaired) electrons. The molecule has 1 N–H and O–H groups in total. The molecule has 0 aliphatic carbocycles. The summed E-state index contributed by atoms with van der Waals surface area (Å²) >= 11 is 0. The fraction of sp³-hybridized carbons (Fsp3) is 0.167. The molecular weight excluding hydrogens is 264 g/mol. The Bertz CT molecular complexity index is 731. The largest absolute Gasteiger partial charge is 0.241 e. The zero-order valence-corrected chi connectivity index (χ0v) is 10.8. The highest BCUT2D eigenvalue weighted by atomic mass is 32.2. The SMILES string of the molecule is [N-]=[N+]=NCCNS(=O)(=O)c1cccc2ccccc12. The van der Waals surface area contributed by atoms with Crippen LogP contribution in [0.5, 0.6) is 0 Å². The maximum atomic E-state index is 12.2. The third-order valence-electron chi connectivity index (χ3n) is 2.61. The molecule has 6 nitrogen and oxygen atoms in total. The smallest absolute Gasteiger partial charge is 0.211 e. The lowest BCUT2D eigenvalue weighted by Crippen LogP contribution is -2.26. The van der Waals surface area contributed by atoms with Crippen molar-refractivity contribution >= 4 is 20.8 Å². The molecular formula is C12H12N4O2S. The maximum Gasteiger partial charge on any atom is 0.241 e. The van der Waals surface area contributed by atoms with Gasteiger partial charge in [-0.1, -0.05) is 41.5 Å². The van der Waals surface area contributed by atoms with Crippen molar-refractivity contribution in [3.63, 3.8) is 0 Å². The lowest BCUT2D eigenvalue weighted by molar-refractivity contribution is 0.583. The van der Waals surface area contributed by atoms with E-state index in [-0.39, 0.29) is 18.0 Å². The van der Waals surface area contributed by atoms with Crippen LogP contribution in [0.2, 0.25) is 0 Å². The Labute approximate surface area is 110 Å². The quantitative estimate of drug-likeness (QED) is 0.393. The van der Waals surface area contributed by atoms with Crippen LogP contribution in [0.4, 0.5) is 0 Å². The third kappa shape index (κ3) is 3.03. The number of nitrogens with zero attached hydrogens (tertiary/aromatic N) is 3. The van der Waals surface area contributed by atoms with Crippen molar-refractivity contribution in [2.75, 3.05) is 13.1 Å². The molecule has 19 heavy (non-hydrogen) atoms. The molecule has 0 saturated carbocycles. The lowest BCUT2D eigenvalue weighted by atomic mass is 10.1. The Kier molecular flexibility index (Phi) is 4.01. The van der Waals surface area contributed by atoms with Gasteiger partial charge in [0.25, 0.3) is 0 Å². The van der Waals surface area contributed by atoms with Crippen molar-refractivity contribution < 1.29 is 8.42 Å². The van der Waals surface area contributed by atoms with Gasteiger partial charge < -0.3 is 0 Å². The van der Waals surface area contributed by atoms with E-state index >= 15 is 0 Å². The number of nitrogens with one attached hydrogen (secondary N) is 1. The first kappa shape index (κ1) is 13.4. The highest BCUT2D eigenvalue weighted by Gasteiger charge is 2.15. The van der Waals surface area contributed by atoms with Gasteiger partial charge in [-0.05, 0) is 17.0 Å². The summed E-state index contributed by atoms with van der Waals surface area (Å²) in [5.74, 6) is 0. The van der Waals surface area contributed by atoms with Gasteiger partial charge in [-0.2, -0.15) is 0 Å². The predicted molar refractivity (Wildman–Crippen MR) is 73.1 cm³/mol. The molecule has 2 rings (SSSR count). The molecule has 2 aromatic carbocycles. The Morgan fingerprint density at radius 2 is 1.89 bits per heavy atom. The Morgan fingerprint density at radius 1 is 1.16 bits per heavy atom. The molecule has 0 atom stereocenters. The molecule has 0 unspecified atom stereocenters. The van der Waals surface area contributed by atoms with Crippen LogP contribution in [0.25, 0.3) is 21.2 Å². The fourth-order valence-electron chi connectivity index (χ4n) is 1.78. The molecule has 0 spiro atoms. The van der Waals surface area contributed by atoms with Gasteiger partial charge in [0.1, 0.15) is 0 Å². The summed E-state index contributed by atoms with van der Waals surface area (Å²) in [6.07, 6.45) is 0. The van der Waals surface area contributed by atoms with Gasteiger partial charge in [0.2, 0.25) is 10.0 Å². The van der Waals surface area contributed by atoms with E-state index < -0.39 is 10.0 Å². The lowest BCUT2D eigenvalue weighted by Gasteiger charge is -2.08. The molecule has 2 aromatic rings. The average Bonchev–Trinajstić information content (AvgIpc) is 2.43. The van der Waals surface area contributed by atoms with Gasteiger partial charge in [0.05, 0.1) is 4.90 Å². The van der Waals surface area contributed by atoms with Gasteiger partial charge in [-0.15, -0.1) is 0 Å². The number of benzene rings is 2. The predicted octanol–water partition coefficient (Wildman–Crippen LogP) is 2.43. The molecule has 0 saturated heterocycles. The Morgan fingerprint density at radius 3 is 2.68 bits per heavy atom. The van der Waals surface area contributed by atoms with Crippen molar-refractivity contribution in [3.8, 4) is 0 Å². The summed E-state index contributed by atoms with van der Waals surface area (Å²) in [7, 11) is -3.60. The first-order chi connectivity index (χ1) is 9.15. The van der Waals surface area contributed by atoms with Crippen LogP contribution in [0.3, 0.4) is 0 Å². The van der Waals surface area contributed by atoms with Gasteiger partial charge in [-0.25, -0.2) is 13.1 Å².